The number of ether oxygens (including phenoxy) is 1. The number of benzene rings is 1. The normalized spacial score (nSPS) is 16.6. The molecule has 27 heavy (non-hydrogen) atoms. The molecule has 1 aromatic carbocycles. The molecule has 0 spiro atoms. The topological polar surface area (TPSA) is 87.7 Å². The van der Waals surface area contributed by atoms with E-state index in [-0.39, 0.29) is 24.8 Å². The van der Waals surface area contributed by atoms with Gasteiger partial charge < -0.3 is 20.3 Å². The number of anilines is 1. The largest absolute Gasteiger partial charge is 0.466 e. The number of hydrogen-bond donors (Lipinski definition) is 2. The van der Waals surface area contributed by atoms with E-state index in [2.05, 4.69) is 10.6 Å². The van der Waals surface area contributed by atoms with Gasteiger partial charge in [0.1, 0.15) is 6.04 Å². The maximum atomic E-state index is 12.6. The standard InChI is InChI=1S/C18H23Cl2N3O4/c1-2-3-8-27-17(25)10-15-18(26)21-6-7-23(15)16(24)11-22-12-4-5-13(19)14(20)9-12/h4-5,9,15,22H,2-3,6-8,10-11H2,1H3,(H,21,26). The first-order valence-corrected chi connectivity index (χ1v) is 9.59. The number of piperazine rings is 1. The molecule has 1 aromatic rings. The van der Waals surface area contributed by atoms with E-state index in [4.69, 9.17) is 27.9 Å². The van der Waals surface area contributed by atoms with Crippen LogP contribution in [0.5, 0.6) is 0 Å². The minimum Gasteiger partial charge on any atom is -0.466 e. The number of nitrogens with one attached hydrogen (secondary N) is 2. The monoisotopic (exact) mass is 415 g/mol. The van der Waals surface area contributed by atoms with Gasteiger partial charge in [-0.2, -0.15) is 0 Å². The Hall–Kier alpha value is -1.99. The average Bonchev–Trinajstić information content (AvgIpc) is 2.64. The lowest BCUT2D eigenvalue weighted by Gasteiger charge is -2.34. The third-order valence-corrected chi connectivity index (χ3v) is 4.87. The van der Waals surface area contributed by atoms with Gasteiger partial charge in [-0.3, -0.25) is 14.4 Å². The summed E-state index contributed by atoms with van der Waals surface area (Å²) in [6.07, 6.45) is 1.51. The van der Waals surface area contributed by atoms with Crippen molar-refractivity contribution >= 4 is 46.7 Å². The summed E-state index contributed by atoms with van der Waals surface area (Å²) >= 11 is 11.8. The first-order chi connectivity index (χ1) is 12.9. The maximum Gasteiger partial charge on any atom is 0.308 e. The maximum absolute atomic E-state index is 12.6. The zero-order chi connectivity index (χ0) is 19.8. The summed E-state index contributed by atoms with van der Waals surface area (Å²) in [7, 11) is 0. The molecule has 1 fully saturated rings. The third kappa shape index (κ3) is 6.29. The molecule has 1 heterocycles. The summed E-state index contributed by atoms with van der Waals surface area (Å²) in [5.74, 6) is -1.13. The van der Waals surface area contributed by atoms with Crippen LogP contribution in [-0.4, -0.2) is 55.0 Å². The van der Waals surface area contributed by atoms with E-state index in [1.165, 1.54) is 4.90 Å². The molecule has 1 aliphatic heterocycles. The summed E-state index contributed by atoms with van der Waals surface area (Å²) in [5.41, 5.74) is 0.634. The van der Waals surface area contributed by atoms with Crippen LogP contribution in [0.25, 0.3) is 0 Å². The Morgan fingerprint density at radius 1 is 1.33 bits per heavy atom. The molecule has 2 amide bonds. The fraction of sp³-hybridized carbons (Fsp3) is 0.500. The van der Waals surface area contributed by atoms with E-state index in [1.54, 1.807) is 18.2 Å². The molecule has 7 nitrogen and oxygen atoms in total. The Balaban J connectivity index is 1.95. The van der Waals surface area contributed by atoms with Crippen LogP contribution in [-0.2, 0) is 19.1 Å². The van der Waals surface area contributed by atoms with Crippen molar-refractivity contribution in [1.82, 2.24) is 10.2 Å². The number of hydrogen-bond acceptors (Lipinski definition) is 5. The minimum atomic E-state index is -0.865. The lowest BCUT2D eigenvalue weighted by Crippen LogP contribution is -2.58. The molecule has 1 aliphatic rings. The molecular formula is C18H23Cl2N3O4. The molecule has 148 valence electrons. The van der Waals surface area contributed by atoms with Crippen LogP contribution in [0.2, 0.25) is 10.0 Å². The second kappa shape index (κ2) is 10.4. The highest BCUT2D eigenvalue weighted by Gasteiger charge is 2.34. The molecule has 2 rings (SSSR count). The minimum absolute atomic E-state index is 0.0351. The first-order valence-electron chi connectivity index (χ1n) is 8.84. The average molecular weight is 416 g/mol. The molecular weight excluding hydrogens is 393 g/mol. The number of halogens is 2. The Kier molecular flexibility index (Phi) is 8.19. The molecule has 2 N–H and O–H groups in total. The van der Waals surface area contributed by atoms with Crippen molar-refractivity contribution in [3.05, 3.63) is 28.2 Å². The lowest BCUT2D eigenvalue weighted by atomic mass is 10.1. The number of carbonyl (C=O) groups is 3. The van der Waals surface area contributed by atoms with Crippen molar-refractivity contribution in [2.45, 2.75) is 32.2 Å². The third-order valence-electron chi connectivity index (χ3n) is 4.14. The Labute approximate surface area is 168 Å². The molecule has 1 unspecified atom stereocenters. The Bertz CT molecular complexity index is 699. The van der Waals surface area contributed by atoms with Gasteiger partial charge in [0.25, 0.3) is 0 Å². The second-order valence-electron chi connectivity index (χ2n) is 6.15. The van der Waals surface area contributed by atoms with Crippen LogP contribution < -0.4 is 10.6 Å². The Morgan fingerprint density at radius 3 is 2.81 bits per heavy atom. The fourth-order valence-electron chi connectivity index (χ4n) is 2.65. The first kappa shape index (κ1) is 21.3. The van der Waals surface area contributed by atoms with Gasteiger partial charge in [0.2, 0.25) is 11.8 Å². The summed E-state index contributed by atoms with van der Waals surface area (Å²) in [4.78, 5) is 38.1. The van der Waals surface area contributed by atoms with E-state index in [0.717, 1.165) is 12.8 Å². The number of esters is 1. The predicted molar refractivity (Wildman–Crippen MR) is 104 cm³/mol. The highest BCUT2D eigenvalue weighted by molar-refractivity contribution is 6.42. The summed E-state index contributed by atoms with van der Waals surface area (Å²) < 4.78 is 5.12. The number of rotatable bonds is 8. The molecule has 1 saturated heterocycles. The molecule has 0 radical (unpaired) electrons. The van der Waals surface area contributed by atoms with Gasteiger partial charge in [0.15, 0.2) is 0 Å². The van der Waals surface area contributed by atoms with Gasteiger partial charge in [-0.05, 0) is 24.6 Å². The summed E-state index contributed by atoms with van der Waals surface area (Å²) in [5, 5.41) is 6.44. The number of amides is 2. The van der Waals surface area contributed by atoms with Crippen LogP contribution in [0, 0.1) is 0 Å². The van der Waals surface area contributed by atoms with Crippen molar-refractivity contribution in [2.24, 2.45) is 0 Å². The van der Waals surface area contributed by atoms with Crippen LogP contribution in [0.4, 0.5) is 5.69 Å². The highest BCUT2D eigenvalue weighted by Crippen LogP contribution is 2.25. The van der Waals surface area contributed by atoms with E-state index in [0.29, 0.717) is 35.4 Å². The molecule has 0 saturated carbocycles. The molecule has 1 atom stereocenters. The van der Waals surface area contributed by atoms with E-state index < -0.39 is 12.0 Å². The summed E-state index contributed by atoms with van der Waals surface area (Å²) in [6.45, 7) is 2.95. The number of unbranched alkanes of at least 4 members (excludes halogenated alkanes) is 1. The quantitative estimate of drug-likeness (QED) is 0.502. The van der Waals surface area contributed by atoms with Crippen molar-refractivity contribution in [1.29, 1.82) is 0 Å². The Morgan fingerprint density at radius 2 is 2.11 bits per heavy atom. The highest BCUT2D eigenvalue weighted by atomic mass is 35.5. The summed E-state index contributed by atoms with van der Waals surface area (Å²) in [6, 6.07) is 4.08. The molecule has 0 bridgehead atoms. The zero-order valence-corrected chi connectivity index (χ0v) is 16.6. The number of nitrogens with zero attached hydrogens (tertiary/aromatic N) is 1. The van der Waals surface area contributed by atoms with Gasteiger partial charge in [-0.1, -0.05) is 36.5 Å². The van der Waals surface area contributed by atoms with Crippen molar-refractivity contribution in [3.63, 3.8) is 0 Å². The van der Waals surface area contributed by atoms with Gasteiger partial charge in [0, 0.05) is 18.8 Å². The van der Waals surface area contributed by atoms with Crippen LogP contribution in [0.3, 0.4) is 0 Å². The molecule has 9 heteroatoms. The fourth-order valence-corrected chi connectivity index (χ4v) is 2.95. The zero-order valence-electron chi connectivity index (χ0n) is 15.1. The molecule has 0 aliphatic carbocycles. The SMILES string of the molecule is CCCCOC(=O)CC1C(=O)NCCN1C(=O)CNc1ccc(Cl)c(Cl)c1. The predicted octanol–water partition coefficient (Wildman–Crippen LogP) is 2.47. The van der Waals surface area contributed by atoms with E-state index >= 15 is 0 Å². The van der Waals surface area contributed by atoms with Gasteiger partial charge >= 0.3 is 5.97 Å². The van der Waals surface area contributed by atoms with Crippen molar-refractivity contribution in [2.75, 3.05) is 31.6 Å². The van der Waals surface area contributed by atoms with Crippen LogP contribution >= 0.6 is 23.2 Å². The van der Waals surface area contributed by atoms with Crippen molar-refractivity contribution in [3.8, 4) is 0 Å². The van der Waals surface area contributed by atoms with Gasteiger partial charge in [0.05, 0.1) is 29.6 Å². The smallest absolute Gasteiger partial charge is 0.308 e. The van der Waals surface area contributed by atoms with Gasteiger partial charge in [-0.15, -0.1) is 0 Å². The van der Waals surface area contributed by atoms with E-state index in [9.17, 15) is 14.4 Å². The van der Waals surface area contributed by atoms with Crippen LogP contribution in [0.1, 0.15) is 26.2 Å². The number of carbonyl (C=O) groups excluding carboxylic acids is 3. The van der Waals surface area contributed by atoms with E-state index in [1.807, 2.05) is 6.92 Å². The van der Waals surface area contributed by atoms with Crippen molar-refractivity contribution < 1.29 is 19.1 Å². The lowest BCUT2D eigenvalue weighted by molar-refractivity contribution is -0.151. The second-order valence-corrected chi connectivity index (χ2v) is 6.97. The molecule has 0 aromatic heterocycles. The van der Waals surface area contributed by atoms with Crippen LogP contribution in [0.15, 0.2) is 18.2 Å². The van der Waals surface area contributed by atoms with Gasteiger partial charge in [-0.25, -0.2) is 0 Å².